The standard InChI is InChI=1S/C19H16F6N2O3/c1-26-17(28)16(27-29-2)15-6-4-3-5-11(15)10-30-14-8-12(18(20,21)22)7-13(9-14)19(23,24)25/h3-9H,10H2,1-2H3,(H,26,28). The van der Waals surface area contributed by atoms with Crippen LogP contribution in [0.5, 0.6) is 5.75 Å². The Morgan fingerprint density at radius 3 is 2.07 bits per heavy atom. The molecule has 0 atom stereocenters. The Bertz CT molecular complexity index is 906. The highest BCUT2D eigenvalue weighted by molar-refractivity contribution is 6.45. The molecule has 0 heterocycles. The molecule has 162 valence electrons. The van der Waals surface area contributed by atoms with Gasteiger partial charge in [0.2, 0.25) is 0 Å². The average Bonchev–Trinajstić information content (AvgIpc) is 2.68. The molecule has 0 fully saturated rings. The first-order valence-electron chi connectivity index (χ1n) is 8.31. The summed E-state index contributed by atoms with van der Waals surface area (Å²) >= 11 is 0. The van der Waals surface area contributed by atoms with Gasteiger partial charge in [0.05, 0.1) is 11.1 Å². The van der Waals surface area contributed by atoms with Gasteiger partial charge in [0.25, 0.3) is 5.91 Å². The molecule has 0 unspecified atom stereocenters. The minimum absolute atomic E-state index is 0.00966. The van der Waals surface area contributed by atoms with Crippen molar-refractivity contribution in [2.45, 2.75) is 19.0 Å². The number of benzene rings is 2. The minimum Gasteiger partial charge on any atom is -0.489 e. The number of carbonyl (C=O) groups excluding carboxylic acids is 1. The molecular formula is C19H16F6N2O3. The maximum absolute atomic E-state index is 13.0. The van der Waals surface area contributed by atoms with Crippen molar-refractivity contribution in [1.29, 1.82) is 0 Å². The zero-order valence-corrected chi connectivity index (χ0v) is 15.7. The molecule has 1 N–H and O–H groups in total. The molecular weight excluding hydrogens is 418 g/mol. The van der Waals surface area contributed by atoms with Crippen LogP contribution in [0.2, 0.25) is 0 Å². The quantitative estimate of drug-likeness (QED) is 0.417. The van der Waals surface area contributed by atoms with Crippen molar-refractivity contribution in [3.05, 3.63) is 64.7 Å². The first kappa shape index (κ1) is 23.0. The van der Waals surface area contributed by atoms with Crippen LogP contribution in [-0.4, -0.2) is 25.8 Å². The molecule has 0 aliphatic rings. The maximum Gasteiger partial charge on any atom is 0.416 e. The predicted octanol–water partition coefficient (Wildman–Crippen LogP) is 4.40. The minimum atomic E-state index is -4.99. The highest BCUT2D eigenvalue weighted by Gasteiger charge is 2.37. The van der Waals surface area contributed by atoms with Crippen LogP contribution in [0.4, 0.5) is 26.3 Å². The lowest BCUT2D eigenvalue weighted by Gasteiger charge is -2.16. The summed E-state index contributed by atoms with van der Waals surface area (Å²) in [5, 5.41) is 5.98. The third-order valence-corrected chi connectivity index (χ3v) is 3.85. The van der Waals surface area contributed by atoms with Crippen LogP contribution in [0.25, 0.3) is 0 Å². The number of ether oxygens (including phenoxy) is 1. The summed E-state index contributed by atoms with van der Waals surface area (Å²) in [4.78, 5) is 16.7. The lowest BCUT2D eigenvalue weighted by molar-refractivity contribution is -0.143. The average molecular weight is 434 g/mol. The monoisotopic (exact) mass is 434 g/mol. The number of halogens is 6. The number of likely N-dealkylation sites (N-methyl/N-ethyl adjacent to an activating group) is 1. The van der Waals surface area contributed by atoms with Gasteiger partial charge in [-0.15, -0.1) is 0 Å². The van der Waals surface area contributed by atoms with Crippen LogP contribution in [0, 0.1) is 0 Å². The summed E-state index contributed by atoms with van der Waals surface area (Å²) < 4.78 is 83.1. The third-order valence-electron chi connectivity index (χ3n) is 3.85. The Morgan fingerprint density at radius 2 is 1.57 bits per heavy atom. The highest BCUT2D eigenvalue weighted by Crippen LogP contribution is 2.38. The van der Waals surface area contributed by atoms with Crippen molar-refractivity contribution in [3.63, 3.8) is 0 Å². The molecule has 11 heteroatoms. The Morgan fingerprint density at radius 1 is 1.00 bits per heavy atom. The fourth-order valence-corrected chi connectivity index (χ4v) is 2.47. The third kappa shape index (κ3) is 5.65. The second-order valence-corrected chi connectivity index (χ2v) is 5.89. The molecule has 0 saturated carbocycles. The molecule has 0 aromatic heterocycles. The first-order valence-corrected chi connectivity index (χ1v) is 8.31. The Balaban J connectivity index is 2.41. The second-order valence-electron chi connectivity index (χ2n) is 5.89. The molecule has 0 aliphatic heterocycles. The fourth-order valence-electron chi connectivity index (χ4n) is 2.47. The molecule has 1 amide bonds. The zero-order chi connectivity index (χ0) is 22.5. The van der Waals surface area contributed by atoms with Gasteiger partial charge in [-0.1, -0.05) is 29.4 Å². The molecule has 5 nitrogen and oxygen atoms in total. The molecule has 0 aliphatic carbocycles. The van der Waals surface area contributed by atoms with Crippen LogP contribution >= 0.6 is 0 Å². The van der Waals surface area contributed by atoms with Gasteiger partial charge in [0, 0.05) is 12.6 Å². The number of nitrogens with one attached hydrogen (secondary N) is 1. The first-order chi connectivity index (χ1) is 14.0. The van der Waals surface area contributed by atoms with Crippen molar-refractivity contribution in [1.82, 2.24) is 5.32 Å². The molecule has 0 bridgehead atoms. The topological polar surface area (TPSA) is 59.9 Å². The fraction of sp³-hybridized carbons (Fsp3) is 0.263. The van der Waals surface area contributed by atoms with E-state index in [4.69, 9.17) is 4.74 Å². The lowest BCUT2D eigenvalue weighted by Crippen LogP contribution is -2.29. The van der Waals surface area contributed by atoms with E-state index in [1.165, 1.54) is 26.3 Å². The van der Waals surface area contributed by atoms with E-state index < -0.39 is 41.7 Å². The summed E-state index contributed by atoms with van der Waals surface area (Å²) in [5.41, 5.74) is -2.59. The largest absolute Gasteiger partial charge is 0.489 e. The van der Waals surface area contributed by atoms with E-state index in [2.05, 4.69) is 15.3 Å². The molecule has 30 heavy (non-hydrogen) atoms. The number of rotatable bonds is 6. The number of hydrogen-bond donors (Lipinski definition) is 1. The summed E-state index contributed by atoms with van der Waals surface area (Å²) in [6.45, 7) is -0.422. The number of nitrogens with zero attached hydrogens (tertiary/aromatic N) is 1. The Labute approximate surface area is 167 Å². The normalized spacial score (nSPS) is 12.5. The zero-order valence-electron chi connectivity index (χ0n) is 15.7. The van der Waals surface area contributed by atoms with Crippen molar-refractivity contribution in [3.8, 4) is 5.75 Å². The van der Waals surface area contributed by atoms with E-state index in [-0.39, 0.29) is 17.3 Å². The Hall–Kier alpha value is -3.24. The van der Waals surface area contributed by atoms with Crippen molar-refractivity contribution >= 4 is 11.6 Å². The van der Waals surface area contributed by atoms with E-state index in [1.807, 2.05) is 0 Å². The van der Waals surface area contributed by atoms with Crippen LogP contribution in [0.15, 0.2) is 47.6 Å². The van der Waals surface area contributed by atoms with Crippen LogP contribution in [0.3, 0.4) is 0 Å². The van der Waals surface area contributed by atoms with Crippen molar-refractivity contribution < 1.29 is 40.7 Å². The number of amides is 1. The number of oxime groups is 1. The predicted molar refractivity (Wildman–Crippen MR) is 94.8 cm³/mol. The smallest absolute Gasteiger partial charge is 0.416 e. The molecule has 0 radical (unpaired) electrons. The van der Waals surface area contributed by atoms with E-state index >= 15 is 0 Å². The number of carbonyl (C=O) groups is 1. The van der Waals surface area contributed by atoms with Gasteiger partial charge in [-0.3, -0.25) is 4.79 Å². The van der Waals surface area contributed by atoms with Gasteiger partial charge in [0.1, 0.15) is 19.5 Å². The van der Waals surface area contributed by atoms with E-state index in [9.17, 15) is 31.1 Å². The Kier molecular flexibility index (Phi) is 6.96. The summed E-state index contributed by atoms with van der Waals surface area (Å²) in [6.07, 6.45) is -9.98. The van der Waals surface area contributed by atoms with Gasteiger partial charge in [-0.2, -0.15) is 26.3 Å². The van der Waals surface area contributed by atoms with E-state index in [0.29, 0.717) is 17.7 Å². The summed E-state index contributed by atoms with van der Waals surface area (Å²) in [7, 11) is 2.57. The van der Waals surface area contributed by atoms with Crippen LogP contribution in [0.1, 0.15) is 22.3 Å². The summed E-state index contributed by atoms with van der Waals surface area (Å²) in [6, 6.07) is 7.06. The second kappa shape index (κ2) is 9.06. The molecule has 2 aromatic rings. The highest BCUT2D eigenvalue weighted by atomic mass is 19.4. The van der Waals surface area contributed by atoms with Gasteiger partial charge < -0.3 is 14.9 Å². The molecule has 0 spiro atoms. The number of hydrogen-bond acceptors (Lipinski definition) is 4. The molecule has 2 aromatic carbocycles. The summed E-state index contributed by atoms with van der Waals surface area (Å²) in [5.74, 6) is -1.24. The molecule has 0 saturated heterocycles. The SMILES string of the molecule is CNC(=O)C(=NOC)c1ccccc1COc1cc(C(F)(F)F)cc(C(F)(F)F)c1. The maximum atomic E-state index is 13.0. The van der Waals surface area contributed by atoms with Gasteiger partial charge in [-0.25, -0.2) is 0 Å². The van der Waals surface area contributed by atoms with Crippen LogP contribution < -0.4 is 10.1 Å². The molecule has 2 rings (SSSR count). The van der Waals surface area contributed by atoms with Crippen molar-refractivity contribution in [2.24, 2.45) is 5.16 Å². The van der Waals surface area contributed by atoms with Gasteiger partial charge in [0.15, 0.2) is 5.71 Å². The number of alkyl halides is 6. The van der Waals surface area contributed by atoms with Gasteiger partial charge in [-0.05, 0) is 23.8 Å². The van der Waals surface area contributed by atoms with Gasteiger partial charge >= 0.3 is 12.4 Å². The van der Waals surface area contributed by atoms with E-state index in [0.717, 1.165) is 0 Å². The lowest BCUT2D eigenvalue weighted by atomic mass is 10.0. The van der Waals surface area contributed by atoms with Crippen molar-refractivity contribution in [2.75, 3.05) is 14.2 Å². The van der Waals surface area contributed by atoms with E-state index in [1.54, 1.807) is 12.1 Å². The van der Waals surface area contributed by atoms with Crippen LogP contribution in [-0.2, 0) is 28.6 Å².